The van der Waals surface area contributed by atoms with Gasteiger partial charge in [-0.1, -0.05) is 23.8 Å². The molecule has 1 N–H and O–H groups in total. The molecule has 1 aromatic heterocycles. The highest BCUT2D eigenvalue weighted by atomic mass is 35.5. The van der Waals surface area contributed by atoms with Crippen molar-refractivity contribution < 1.29 is 33.4 Å². The lowest BCUT2D eigenvalue weighted by molar-refractivity contribution is -0.141. The maximum absolute atomic E-state index is 14.4. The minimum absolute atomic E-state index is 0.0811. The average Bonchev–Trinajstić information content (AvgIpc) is 3.65. The Morgan fingerprint density at radius 2 is 1.77 bits per heavy atom. The number of phenols is 1. The number of amides is 4. The zero-order valence-corrected chi connectivity index (χ0v) is 25.5. The van der Waals surface area contributed by atoms with Crippen molar-refractivity contribution in [3.63, 3.8) is 0 Å². The fraction of sp³-hybridized carbons (Fsp3) is 0.312. The highest BCUT2D eigenvalue weighted by molar-refractivity contribution is 7.09. The summed E-state index contributed by atoms with van der Waals surface area (Å²) in [7, 11) is 1.44. The first kappa shape index (κ1) is 29.0. The number of allylic oxidation sites excluding steroid dienone is 2. The van der Waals surface area contributed by atoms with Crippen LogP contribution in [0, 0.1) is 23.6 Å². The number of nitrogens with zero attached hydrogens (tertiary/aromatic N) is 2. The van der Waals surface area contributed by atoms with Gasteiger partial charge in [-0.3, -0.25) is 24.1 Å². The smallest absolute Gasteiger partial charge is 0.258 e. The summed E-state index contributed by atoms with van der Waals surface area (Å²) in [5.74, 6) is -6.20. The predicted molar refractivity (Wildman–Crippen MR) is 161 cm³/mol. The molecule has 2 aliphatic heterocycles. The number of rotatable bonds is 5. The second-order valence-corrected chi connectivity index (χ2v) is 13.8. The first-order valence-electron chi connectivity index (χ1n) is 14.0. The molecule has 6 atom stereocenters. The van der Waals surface area contributed by atoms with E-state index in [-0.39, 0.29) is 48.2 Å². The van der Waals surface area contributed by atoms with Crippen LogP contribution in [-0.2, 0) is 25.7 Å². The number of fused-ring (bicyclic) bond motifs is 4. The number of carbonyl (C=O) groups is 4. The second-order valence-electron chi connectivity index (χ2n) is 11.5. The molecule has 3 fully saturated rings. The van der Waals surface area contributed by atoms with Gasteiger partial charge in [0.2, 0.25) is 11.8 Å². The van der Waals surface area contributed by atoms with E-state index in [9.17, 15) is 28.7 Å². The third-order valence-electron chi connectivity index (χ3n) is 9.43. The first-order valence-corrected chi connectivity index (χ1v) is 15.6. The van der Waals surface area contributed by atoms with Crippen LogP contribution in [-0.4, -0.2) is 50.5 Å². The van der Waals surface area contributed by atoms with E-state index < -0.39 is 51.1 Å². The number of methoxy groups -OCH3 is 1. The van der Waals surface area contributed by atoms with Crippen molar-refractivity contribution >= 4 is 63.9 Å². The van der Waals surface area contributed by atoms with E-state index in [1.165, 1.54) is 41.5 Å². The van der Waals surface area contributed by atoms with Crippen LogP contribution in [0.3, 0.4) is 0 Å². The van der Waals surface area contributed by atoms with Crippen LogP contribution in [0.5, 0.6) is 11.5 Å². The fourth-order valence-electron chi connectivity index (χ4n) is 7.42. The Labute approximate surface area is 265 Å². The fourth-order valence-corrected chi connectivity index (χ4v) is 9.04. The van der Waals surface area contributed by atoms with E-state index in [0.717, 1.165) is 21.9 Å². The van der Waals surface area contributed by atoms with Gasteiger partial charge >= 0.3 is 0 Å². The standard InChI is InChI=1S/C32H25Cl2FN2O6S/c1-43-18-8-9-21(24(38)13-18)26-20-10-11-22-25(28(40)36(27(22)39)15-19-3-2-12-44-19)23(20)14-31(33)29(41)37(30(42)32(26,31)34)17-6-4-16(35)5-7-17/h2-10,12-13,22-23,25-26,38H,11,14-15H2,1H3. The first-order chi connectivity index (χ1) is 21.0. The van der Waals surface area contributed by atoms with Crippen molar-refractivity contribution in [3.8, 4) is 11.5 Å². The number of anilines is 1. The van der Waals surface area contributed by atoms with Gasteiger partial charge in [0.1, 0.15) is 17.3 Å². The van der Waals surface area contributed by atoms with Crippen molar-refractivity contribution in [1.29, 1.82) is 0 Å². The number of hydrogen-bond acceptors (Lipinski definition) is 7. The van der Waals surface area contributed by atoms with E-state index in [1.54, 1.807) is 18.2 Å². The van der Waals surface area contributed by atoms with E-state index in [0.29, 0.717) is 11.3 Å². The monoisotopic (exact) mass is 654 g/mol. The van der Waals surface area contributed by atoms with E-state index >= 15 is 0 Å². The number of halogens is 3. The normalized spacial score (nSPS) is 31.1. The van der Waals surface area contributed by atoms with Crippen molar-refractivity contribution in [2.75, 3.05) is 12.0 Å². The summed E-state index contributed by atoms with van der Waals surface area (Å²) in [6.45, 7) is 0.133. The third-order valence-corrected chi connectivity index (χ3v) is 11.7. The number of aromatic hydroxyl groups is 1. The highest BCUT2D eigenvalue weighted by Crippen LogP contribution is 2.66. The van der Waals surface area contributed by atoms with Crippen LogP contribution in [0.15, 0.2) is 71.6 Å². The lowest BCUT2D eigenvalue weighted by Crippen LogP contribution is -2.60. The van der Waals surface area contributed by atoms with Gasteiger partial charge in [-0.05, 0) is 60.5 Å². The van der Waals surface area contributed by atoms with Crippen molar-refractivity contribution in [2.24, 2.45) is 17.8 Å². The van der Waals surface area contributed by atoms with Gasteiger partial charge in [0.05, 0.1) is 31.2 Å². The molecular formula is C32H25Cl2FN2O6S. The van der Waals surface area contributed by atoms with Gasteiger partial charge in [0.25, 0.3) is 11.8 Å². The Hall–Kier alpha value is -3.73. The molecule has 2 aromatic carbocycles. The molecule has 0 spiro atoms. The number of likely N-dealkylation sites (tertiary alicyclic amines) is 1. The van der Waals surface area contributed by atoms with Gasteiger partial charge in [0.15, 0.2) is 9.75 Å². The van der Waals surface area contributed by atoms with Gasteiger partial charge in [-0.15, -0.1) is 34.5 Å². The molecule has 4 amide bonds. The number of benzene rings is 2. The summed E-state index contributed by atoms with van der Waals surface area (Å²) >= 11 is 16.1. The van der Waals surface area contributed by atoms with Crippen LogP contribution in [0.4, 0.5) is 10.1 Å². The number of thiophene rings is 1. The van der Waals surface area contributed by atoms with E-state index in [1.807, 2.05) is 17.5 Å². The highest BCUT2D eigenvalue weighted by Gasteiger charge is 2.76. The molecule has 3 aromatic rings. The average molecular weight is 656 g/mol. The molecule has 7 rings (SSSR count). The Kier molecular flexibility index (Phi) is 6.69. The number of imide groups is 2. The zero-order chi connectivity index (χ0) is 31.1. The Balaban J connectivity index is 1.39. The van der Waals surface area contributed by atoms with Crippen molar-refractivity contribution in [3.05, 3.63) is 87.9 Å². The molecule has 4 aliphatic rings. The Morgan fingerprint density at radius 1 is 1.02 bits per heavy atom. The topological polar surface area (TPSA) is 104 Å². The number of alkyl halides is 2. The molecule has 3 heterocycles. The summed E-state index contributed by atoms with van der Waals surface area (Å²) < 4.78 is 19.1. The van der Waals surface area contributed by atoms with E-state index in [4.69, 9.17) is 27.9 Å². The lowest BCUT2D eigenvalue weighted by atomic mass is 9.56. The third kappa shape index (κ3) is 3.87. The second kappa shape index (κ2) is 10.2. The van der Waals surface area contributed by atoms with Crippen LogP contribution >= 0.6 is 34.5 Å². The quantitative estimate of drug-likeness (QED) is 0.226. The summed E-state index contributed by atoms with van der Waals surface area (Å²) in [4.78, 5) is 55.0. The van der Waals surface area contributed by atoms with Crippen molar-refractivity contribution in [2.45, 2.75) is 35.1 Å². The number of phenolic OH excluding ortho intramolecular Hbond substituents is 1. The molecule has 1 saturated carbocycles. The Morgan fingerprint density at radius 3 is 2.43 bits per heavy atom. The Bertz CT molecular complexity index is 1760. The summed E-state index contributed by atoms with van der Waals surface area (Å²) in [6, 6.07) is 13.0. The minimum Gasteiger partial charge on any atom is -0.508 e. The van der Waals surface area contributed by atoms with Crippen LogP contribution in [0.2, 0.25) is 0 Å². The van der Waals surface area contributed by atoms with E-state index in [2.05, 4.69) is 0 Å². The molecular weight excluding hydrogens is 630 g/mol. The van der Waals surface area contributed by atoms with Crippen LogP contribution in [0.25, 0.3) is 0 Å². The summed E-state index contributed by atoms with van der Waals surface area (Å²) in [5, 5.41) is 13.1. The van der Waals surface area contributed by atoms with Crippen LogP contribution < -0.4 is 9.64 Å². The van der Waals surface area contributed by atoms with Gasteiger partial charge in [-0.25, -0.2) is 9.29 Å². The molecule has 8 nitrogen and oxygen atoms in total. The SMILES string of the molecule is COc1ccc(C2C3=CCC4C(=O)N(Cc5cccs5)C(=O)C4C3CC3(Cl)C(=O)N(c4ccc(F)cc4)C(=O)C23Cl)c(O)c1. The zero-order valence-electron chi connectivity index (χ0n) is 23.2. The molecule has 6 unspecified atom stereocenters. The molecule has 0 radical (unpaired) electrons. The summed E-state index contributed by atoms with van der Waals surface area (Å²) in [6.07, 6.45) is 1.81. The molecule has 226 valence electrons. The number of carbonyl (C=O) groups excluding carboxylic acids is 4. The molecule has 0 bridgehead atoms. The number of hydrogen-bond donors (Lipinski definition) is 1. The molecule has 2 saturated heterocycles. The lowest BCUT2D eigenvalue weighted by Gasteiger charge is -2.50. The van der Waals surface area contributed by atoms with Crippen LogP contribution in [0.1, 0.15) is 29.2 Å². The summed E-state index contributed by atoms with van der Waals surface area (Å²) in [5.41, 5.74) is 0.853. The molecule has 12 heteroatoms. The largest absolute Gasteiger partial charge is 0.508 e. The number of ether oxygens (including phenoxy) is 1. The molecule has 2 aliphatic carbocycles. The predicted octanol–water partition coefficient (Wildman–Crippen LogP) is 5.37. The minimum atomic E-state index is -2.14. The van der Waals surface area contributed by atoms with Crippen molar-refractivity contribution in [1.82, 2.24) is 4.90 Å². The van der Waals surface area contributed by atoms with Gasteiger partial charge < -0.3 is 9.84 Å². The van der Waals surface area contributed by atoms with Gasteiger partial charge in [0, 0.05) is 22.4 Å². The maximum atomic E-state index is 14.4. The van der Waals surface area contributed by atoms with Gasteiger partial charge in [-0.2, -0.15) is 0 Å². The maximum Gasteiger partial charge on any atom is 0.258 e. The molecule has 44 heavy (non-hydrogen) atoms.